The molecule has 0 aliphatic carbocycles. The number of benzene rings is 5. The SMILES string of the molecule is Cc1cc(-c2c(S(C)(=O)=O)ccc3c2c(OC(F)(F)F)nn3C(c2ccccc2)(c2ccccc2)c2ccccc2)ccc1S(C)(=O)=O. The maximum atomic E-state index is 14.2. The average Bonchev–Trinajstić information content (AvgIpc) is 3.38. The van der Waals surface area contributed by atoms with Crippen molar-refractivity contribution < 1.29 is 34.7 Å². The number of fused-ring (bicyclic) bond motifs is 1. The van der Waals surface area contributed by atoms with E-state index in [1.165, 1.54) is 41.9 Å². The predicted molar refractivity (Wildman–Crippen MR) is 177 cm³/mol. The van der Waals surface area contributed by atoms with E-state index in [9.17, 15) is 30.0 Å². The van der Waals surface area contributed by atoms with E-state index in [0.29, 0.717) is 16.7 Å². The molecule has 0 aliphatic rings. The summed E-state index contributed by atoms with van der Waals surface area (Å²) in [4.78, 5) is -0.282. The van der Waals surface area contributed by atoms with Crippen molar-refractivity contribution in [1.29, 1.82) is 0 Å². The van der Waals surface area contributed by atoms with E-state index >= 15 is 0 Å². The van der Waals surface area contributed by atoms with Crippen LogP contribution in [0.25, 0.3) is 22.0 Å². The van der Waals surface area contributed by atoms with Gasteiger partial charge in [-0.15, -0.1) is 18.3 Å². The van der Waals surface area contributed by atoms with Gasteiger partial charge < -0.3 is 4.74 Å². The highest BCUT2D eigenvalue weighted by Gasteiger charge is 2.43. The molecule has 7 nitrogen and oxygen atoms in total. The number of halogens is 3. The van der Waals surface area contributed by atoms with Crippen molar-refractivity contribution in [1.82, 2.24) is 9.78 Å². The normalized spacial score (nSPS) is 12.7. The predicted octanol–water partition coefficient (Wildman–Crippen LogP) is 7.56. The molecule has 246 valence electrons. The Kier molecular flexibility index (Phi) is 8.20. The Bertz CT molecular complexity index is 2260. The largest absolute Gasteiger partial charge is 0.574 e. The summed E-state index contributed by atoms with van der Waals surface area (Å²) < 4.78 is 100. The third kappa shape index (κ3) is 5.86. The topological polar surface area (TPSA) is 95.3 Å². The summed E-state index contributed by atoms with van der Waals surface area (Å²) in [7, 11) is -7.72. The van der Waals surface area contributed by atoms with Gasteiger partial charge in [-0.2, -0.15) is 0 Å². The van der Waals surface area contributed by atoms with E-state index < -0.39 is 37.5 Å². The van der Waals surface area contributed by atoms with Crippen LogP contribution in [0.3, 0.4) is 0 Å². The Morgan fingerprint density at radius 2 is 1.10 bits per heavy atom. The lowest BCUT2D eigenvalue weighted by Crippen LogP contribution is -2.38. The molecule has 5 aromatic carbocycles. The Morgan fingerprint density at radius 3 is 1.52 bits per heavy atom. The molecule has 0 fully saturated rings. The number of nitrogens with zero attached hydrogens (tertiary/aromatic N) is 2. The second-order valence-corrected chi connectivity index (χ2v) is 15.4. The summed E-state index contributed by atoms with van der Waals surface area (Å²) in [6, 6.07) is 34.3. The van der Waals surface area contributed by atoms with Crippen LogP contribution in [0.15, 0.2) is 131 Å². The third-order valence-electron chi connectivity index (χ3n) is 8.15. The van der Waals surface area contributed by atoms with Crippen LogP contribution in [0.2, 0.25) is 0 Å². The van der Waals surface area contributed by atoms with Crippen LogP contribution in [-0.4, -0.2) is 45.5 Å². The lowest BCUT2D eigenvalue weighted by Gasteiger charge is -2.37. The molecule has 0 amide bonds. The van der Waals surface area contributed by atoms with E-state index in [2.05, 4.69) is 9.84 Å². The van der Waals surface area contributed by atoms with Gasteiger partial charge in [0.25, 0.3) is 0 Å². The van der Waals surface area contributed by atoms with Crippen LogP contribution in [0.4, 0.5) is 13.2 Å². The highest BCUT2D eigenvalue weighted by Crippen LogP contribution is 2.48. The number of aromatic nitrogens is 2. The quantitative estimate of drug-likeness (QED) is 0.153. The number of ether oxygens (including phenoxy) is 1. The maximum absolute atomic E-state index is 14.2. The zero-order valence-electron chi connectivity index (χ0n) is 25.9. The van der Waals surface area contributed by atoms with Crippen LogP contribution in [0.5, 0.6) is 5.88 Å². The van der Waals surface area contributed by atoms with E-state index in [1.54, 1.807) is 0 Å². The van der Waals surface area contributed by atoms with Crippen LogP contribution in [0.1, 0.15) is 22.3 Å². The van der Waals surface area contributed by atoms with Gasteiger partial charge in [0.1, 0.15) is 5.54 Å². The molecule has 0 saturated heterocycles. The van der Waals surface area contributed by atoms with Crippen molar-refractivity contribution in [2.24, 2.45) is 0 Å². The summed E-state index contributed by atoms with van der Waals surface area (Å²) in [6.07, 6.45) is -3.21. The highest BCUT2D eigenvalue weighted by atomic mass is 32.2. The zero-order valence-corrected chi connectivity index (χ0v) is 27.6. The van der Waals surface area contributed by atoms with Gasteiger partial charge in [-0.1, -0.05) is 103 Å². The minimum Gasteiger partial charge on any atom is -0.386 e. The fourth-order valence-electron chi connectivity index (χ4n) is 6.32. The first-order valence-corrected chi connectivity index (χ1v) is 18.4. The lowest BCUT2D eigenvalue weighted by molar-refractivity contribution is -0.275. The molecule has 1 heterocycles. The molecule has 0 aliphatic heterocycles. The first-order valence-electron chi connectivity index (χ1n) is 14.6. The zero-order chi connectivity index (χ0) is 34.5. The van der Waals surface area contributed by atoms with Gasteiger partial charge in [0.05, 0.1) is 20.7 Å². The van der Waals surface area contributed by atoms with E-state index in [1.807, 2.05) is 91.0 Å². The minimum atomic E-state index is -5.20. The van der Waals surface area contributed by atoms with Gasteiger partial charge in [0.2, 0.25) is 5.88 Å². The van der Waals surface area contributed by atoms with Gasteiger partial charge in [0, 0.05) is 18.1 Å². The first kappa shape index (κ1) is 33.0. The Hall–Kier alpha value is -4.94. The number of hydrogen-bond donors (Lipinski definition) is 0. The summed E-state index contributed by atoms with van der Waals surface area (Å²) in [5, 5.41) is 4.33. The second kappa shape index (κ2) is 11.9. The molecule has 0 N–H and O–H groups in total. The van der Waals surface area contributed by atoms with Gasteiger partial charge in [-0.3, -0.25) is 0 Å². The second-order valence-electron chi connectivity index (χ2n) is 11.4. The Morgan fingerprint density at radius 1 is 0.646 bits per heavy atom. The van der Waals surface area contributed by atoms with E-state index in [4.69, 9.17) is 0 Å². The molecule has 12 heteroatoms. The standard InChI is InChI=1S/C36H29F3N2O5S2/c1-24-23-25(19-21-30(24)47(2,42)43)32-31(48(3,44)45)22-20-29-33(32)34(46-36(37,38)39)40-41(29)35(26-13-7-4-8-14-26,27-15-9-5-10-16-27)28-17-11-6-12-18-28/h4-23H,1-3H3. The number of aryl methyl sites for hydroxylation is 1. The number of alkyl halides is 3. The maximum Gasteiger partial charge on any atom is 0.574 e. The molecule has 0 atom stereocenters. The molecule has 1 aromatic heterocycles. The van der Waals surface area contributed by atoms with Gasteiger partial charge in [0.15, 0.2) is 19.7 Å². The van der Waals surface area contributed by atoms with Gasteiger partial charge >= 0.3 is 6.36 Å². The van der Waals surface area contributed by atoms with Crippen LogP contribution < -0.4 is 4.74 Å². The lowest BCUT2D eigenvalue weighted by atomic mass is 9.77. The number of hydrogen-bond acceptors (Lipinski definition) is 6. The summed E-state index contributed by atoms with van der Waals surface area (Å²) in [5.74, 6) is -0.866. The summed E-state index contributed by atoms with van der Waals surface area (Å²) in [6.45, 7) is 1.53. The molecule has 6 rings (SSSR count). The molecule has 0 unspecified atom stereocenters. The fourth-order valence-corrected chi connectivity index (χ4v) is 8.18. The van der Waals surface area contributed by atoms with E-state index in [-0.39, 0.29) is 37.4 Å². The molecule has 0 saturated carbocycles. The molecule has 0 bridgehead atoms. The van der Waals surface area contributed by atoms with Crippen LogP contribution >= 0.6 is 0 Å². The molecular formula is C36H29F3N2O5S2. The van der Waals surface area contributed by atoms with Crippen molar-refractivity contribution in [3.8, 4) is 17.0 Å². The smallest absolute Gasteiger partial charge is 0.386 e. The molecule has 0 spiro atoms. The van der Waals surface area contributed by atoms with E-state index in [0.717, 1.165) is 12.5 Å². The summed E-state index contributed by atoms with van der Waals surface area (Å²) >= 11 is 0. The molecule has 48 heavy (non-hydrogen) atoms. The monoisotopic (exact) mass is 690 g/mol. The third-order valence-corrected chi connectivity index (χ3v) is 10.5. The molecule has 6 aromatic rings. The van der Waals surface area contributed by atoms with Crippen molar-refractivity contribution in [2.75, 3.05) is 12.5 Å². The average molecular weight is 691 g/mol. The van der Waals surface area contributed by atoms with Crippen LogP contribution in [0, 0.1) is 6.92 Å². The molecule has 0 radical (unpaired) electrons. The van der Waals surface area contributed by atoms with Crippen molar-refractivity contribution in [2.45, 2.75) is 28.6 Å². The first-order chi connectivity index (χ1) is 22.6. The minimum absolute atomic E-state index is 0.00181. The number of sulfone groups is 2. The summed E-state index contributed by atoms with van der Waals surface area (Å²) in [5.41, 5.74) is 1.08. The highest BCUT2D eigenvalue weighted by molar-refractivity contribution is 7.91. The van der Waals surface area contributed by atoms with Gasteiger partial charge in [-0.25, -0.2) is 21.5 Å². The van der Waals surface area contributed by atoms with Crippen LogP contribution in [-0.2, 0) is 25.2 Å². The molecular weight excluding hydrogens is 662 g/mol. The van der Waals surface area contributed by atoms with Crippen molar-refractivity contribution in [3.63, 3.8) is 0 Å². The van der Waals surface area contributed by atoms with Gasteiger partial charge in [-0.05, 0) is 52.9 Å². The Balaban J connectivity index is 1.85. The van der Waals surface area contributed by atoms with Crippen molar-refractivity contribution >= 4 is 30.6 Å². The number of rotatable bonds is 8. The fraction of sp³-hybridized carbons (Fsp3) is 0.139. The van der Waals surface area contributed by atoms with Crippen molar-refractivity contribution in [3.05, 3.63) is 144 Å². The Labute approximate surface area is 276 Å².